The van der Waals surface area contributed by atoms with Gasteiger partial charge in [0.25, 0.3) is 0 Å². The molecule has 0 radical (unpaired) electrons. The predicted molar refractivity (Wildman–Crippen MR) is 198 cm³/mol. The van der Waals surface area contributed by atoms with E-state index in [0.29, 0.717) is 30.0 Å². The number of ketones is 1. The van der Waals surface area contributed by atoms with E-state index in [4.69, 9.17) is 23.1 Å². The van der Waals surface area contributed by atoms with Gasteiger partial charge in [0.1, 0.15) is 17.5 Å². The molecule has 270 valence electrons. The van der Waals surface area contributed by atoms with E-state index in [-0.39, 0.29) is 28.8 Å². The minimum atomic E-state index is -2.39. The van der Waals surface area contributed by atoms with Gasteiger partial charge in [-0.15, -0.1) is 0 Å². The Morgan fingerprint density at radius 1 is 0.917 bits per heavy atom. The van der Waals surface area contributed by atoms with E-state index in [1.807, 2.05) is 12.1 Å². The average molecular weight is 705 g/mol. The van der Waals surface area contributed by atoms with Crippen molar-refractivity contribution in [3.05, 3.63) is 35.5 Å². The van der Waals surface area contributed by atoms with Gasteiger partial charge >= 0.3 is 12.2 Å². The molecule has 1 N–H and O–H groups in total. The van der Waals surface area contributed by atoms with Crippen LogP contribution in [0.5, 0.6) is 5.75 Å². The van der Waals surface area contributed by atoms with Gasteiger partial charge in [-0.1, -0.05) is 41.5 Å². The first-order valence-electron chi connectivity index (χ1n) is 16.7. The zero-order chi connectivity index (χ0) is 36.9. The number of carbonyl (C=O) groups excluding carboxylic acids is 3. The number of nitrogens with zero attached hydrogens (tertiary/aromatic N) is 1. The van der Waals surface area contributed by atoms with Gasteiger partial charge in [-0.3, -0.25) is 4.79 Å². The van der Waals surface area contributed by atoms with Crippen LogP contribution in [-0.4, -0.2) is 78.2 Å². The molecule has 2 rings (SSSR count). The molecule has 10 nitrogen and oxygen atoms in total. The molecule has 12 heteroatoms. The maximum Gasteiger partial charge on any atom is 0.418 e. The summed E-state index contributed by atoms with van der Waals surface area (Å²) in [6, 6.07) is 5.49. The highest BCUT2D eigenvalue weighted by Crippen LogP contribution is 2.39. The second-order valence-corrected chi connectivity index (χ2v) is 25.8. The molecule has 2 aromatic rings. The first-order valence-corrected chi connectivity index (χ1v) is 22.5. The maximum atomic E-state index is 14.0. The molecule has 0 saturated heterocycles. The zero-order valence-electron chi connectivity index (χ0n) is 32.0. The molecule has 0 fully saturated rings. The molecular formula is C36H60N2O8Si2. The van der Waals surface area contributed by atoms with Crippen LogP contribution in [0.1, 0.15) is 80.0 Å². The summed E-state index contributed by atoms with van der Waals surface area (Å²) < 4.78 is 30.7. The lowest BCUT2D eigenvalue weighted by Gasteiger charge is -2.38. The van der Waals surface area contributed by atoms with Gasteiger partial charge in [0.2, 0.25) is 0 Å². The van der Waals surface area contributed by atoms with E-state index in [1.165, 1.54) is 17.8 Å². The van der Waals surface area contributed by atoms with Crippen molar-refractivity contribution in [1.29, 1.82) is 0 Å². The van der Waals surface area contributed by atoms with Crippen LogP contribution in [0.4, 0.5) is 9.59 Å². The van der Waals surface area contributed by atoms with Crippen LogP contribution in [0.15, 0.2) is 24.3 Å². The van der Waals surface area contributed by atoms with E-state index in [9.17, 15) is 14.4 Å². The van der Waals surface area contributed by atoms with Crippen molar-refractivity contribution in [2.75, 3.05) is 27.4 Å². The van der Waals surface area contributed by atoms with Gasteiger partial charge in [-0.25, -0.2) is 14.2 Å². The highest BCUT2D eigenvalue weighted by Gasteiger charge is 2.40. The molecule has 0 aliphatic carbocycles. The quantitative estimate of drug-likeness (QED) is 0.163. The van der Waals surface area contributed by atoms with Gasteiger partial charge in [0.05, 0.1) is 25.4 Å². The lowest BCUT2D eigenvalue weighted by molar-refractivity contribution is -0.121. The normalized spacial score (nSPS) is 13.9. The molecule has 1 atom stereocenters. The van der Waals surface area contributed by atoms with E-state index >= 15 is 0 Å². The Bertz CT molecular complexity index is 1470. The molecule has 0 aliphatic heterocycles. The Balaban J connectivity index is 2.59. The number of amides is 1. The summed E-state index contributed by atoms with van der Waals surface area (Å²) in [5.74, 6) is 0.372. The summed E-state index contributed by atoms with van der Waals surface area (Å²) in [5.41, 5.74) is 1.35. The Morgan fingerprint density at radius 2 is 1.52 bits per heavy atom. The summed E-state index contributed by atoms with van der Waals surface area (Å²) in [4.78, 5) is 39.6. The molecule has 1 heterocycles. The second kappa shape index (κ2) is 15.7. The van der Waals surface area contributed by atoms with Crippen molar-refractivity contribution in [2.24, 2.45) is 0 Å². The number of carbonyl (C=O) groups is 3. The van der Waals surface area contributed by atoms with Gasteiger partial charge < -0.3 is 28.4 Å². The number of fused-ring (bicyclic) bond motifs is 1. The van der Waals surface area contributed by atoms with Crippen molar-refractivity contribution in [1.82, 2.24) is 9.88 Å². The van der Waals surface area contributed by atoms with Crippen molar-refractivity contribution >= 4 is 51.6 Å². The Labute approximate surface area is 290 Å². The number of hydrogen-bond acceptors (Lipinski definition) is 8. The van der Waals surface area contributed by atoms with Crippen LogP contribution in [0.2, 0.25) is 36.3 Å². The number of benzene rings is 1. The highest BCUT2D eigenvalue weighted by atomic mass is 28.4. The SMILES string of the molecule is COC(=O)n1c(/C=C/C(=O)[C@H](CCNC(=O)OC(C)(C)C)O[Si](C)(C)C(C)(C)C)c(CCO[Si](C)(C)C(C)(C)C)c2cc(OC)ccc21. The predicted octanol–water partition coefficient (Wildman–Crippen LogP) is 8.72. The van der Waals surface area contributed by atoms with Gasteiger partial charge in [0, 0.05) is 18.5 Å². The van der Waals surface area contributed by atoms with E-state index < -0.39 is 40.5 Å². The van der Waals surface area contributed by atoms with Crippen LogP contribution in [0.3, 0.4) is 0 Å². The van der Waals surface area contributed by atoms with Crippen LogP contribution in [-0.2, 0) is 29.5 Å². The number of ether oxygens (including phenoxy) is 3. The summed E-state index contributed by atoms with van der Waals surface area (Å²) in [6.07, 6.45) is 1.92. The highest BCUT2D eigenvalue weighted by molar-refractivity contribution is 6.74. The minimum Gasteiger partial charge on any atom is -0.497 e. The standard InChI is InChI=1S/C36H60N2O8Si2/c1-34(2,3)45-32(40)37-22-20-31(46-48(14,15)36(7,8)9)30(39)19-18-28-26(21-23-44-47(12,13)35(4,5)6)27-24-25(42-10)16-17-29(27)38(28)33(41)43-11/h16-19,24,31H,20-23H2,1-15H3,(H,37,40)/b19-18+/t31-/m0/s1. The van der Waals surface area contributed by atoms with Crippen molar-refractivity contribution in [3.63, 3.8) is 0 Å². The number of methoxy groups -OCH3 is 2. The molecule has 1 aromatic carbocycles. The summed E-state index contributed by atoms with van der Waals surface area (Å²) in [6.45, 7) is 27.5. The smallest absolute Gasteiger partial charge is 0.418 e. The fourth-order valence-electron chi connectivity index (χ4n) is 4.51. The third-order valence-corrected chi connectivity index (χ3v) is 18.4. The topological polar surface area (TPSA) is 114 Å². The van der Waals surface area contributed by atoms with Gasteiger partial charge in [-0.2, -0.15) is 0 Å². The third-order valence-electron chi connectivity index (χ3n) is 9.34. The first-order chi connectivity index (χ1) is 21.8. The number of aromatic nitrogens is 1. The van der Waals surface area contributed by atoms with Gasteiger partial charge in [0.15, 0.2) is 22.4 Å². The van der Waals surface area contributed by atoms with Crippen molar-refractivity contribution in [3.8, 4) is 5.75 Å². The Morgan fingerprint density at radius 3 is 2.04 bits per heavy atom. The fourth-order valence-corrected chi connectivity index (χ4v) is 6.86. The largest absolute Gasteiger partial charge is 0.497 e. The molecule has 0 saturated carbocycles. The summed E-state index contributed by atoms with van der Waals surface area (Å²) >= 11 is 0. The van der Waals surface area contributed by atoms with Gasteiger partial charge in [-0.05, 0) is 106 Å². The Kier molecular flexibility index (Phi) is 13.5. The average Bonchev–Trinajstić information content (AvgIpc) is 3.24. The second-order valence-electron chi connectivity index (χ2n) is 16.2. The molecule has 0 spiro atoms. The first kappa shape index (κ1) is 41.2. The third kappa shape index (κ3) is 10.8. The zero-order valence-corrected chi connectivity index (χ0v) is 34.0. The van der Waals surface area contributed by atoms with Crippen LogP contribution in [0, 0.1) is 0 Å². The molecule has 0 aliphatic rings. The number of hydrogen-bond donors (Lipinski definition) is 1. The monoisotopic (exact) mass is 704 g/mol. The fraction of sp³-hybridized carbons (Fsp3) is 0.639. The van der Waals surface area contributed by atoms with Crippen molar-refractivity contribution in [2.45, 2.75) is 123 Å². The maximum absolute atomic E-state index is 14.0. The van der Waals surface area contributed by atoms with Crippen molar-refractivity contribution < 1.29 is 37.4 Å². The number of rotatable bonds is 13. The summed E-state index contributed by atoms with van der Waals surface area (Å²) in [5, 5.41) is 3.43. The lowest BCUT2D eigenvalue weighted by atomic mass is 10.1. The van der Waals surface area contributed by atoms with Crippen LogP contribution >= 0.6 is 0 Å². The van der Waals surface area contributed by atoms with E-state index in [2.05, 4.69) is 73.0 Å². The molecule has 1 amide bonds. The molecular weight excluding hydrogens is 645 g/mol. The summed E-state index contributed by atoms with van der Waals surface area (Å²) in [7, 11) is -1.52. The van der Waals surface area contributed by atoms with Crippen LogP contribution < -0.4 is 10.1 Å². The van der Waals surface area contributed by atoms with E-state index in [1.54, 1.807) is 40.0 Å². The molecule has 48 heavy (non-hydrogen) atoms. The molecule has 0 unspecified atom stereocenters. The molecule has 0 bridgehead atoms. The number of alkyl carbamates (subject to hydrolysis) is 1. The van der Waals surface area contributed by atoms with Crippen LogP contribution in [0.25, 0.3) is 17.0 Å². The minimum absolute atomic E-state index is 0.0306. The number of nitrogens with one attached hydrogen (secondary N) is 1. The molecule has 1 aromatic heterocycles. The van der Waals surface area contributed by atoms with E-state index in [0.717, 1.165) is 10.9 Å². The Hall–Kier alpha value is -2.94. The lowest BCUT2D eigenvalue weighted by Crippen LogP contribution is -2.46.